The average Bonchev–Trinajstić information content (AvgIpc) is 2.19. The van der Waals surface area contributed by atoms with Crippen LogP contribution in [0.3, 0.4) is 0 Å². The van der Waals surface area contributed by atoms with E-state index in [4.69, 9.17) is 0 Å². The highest BCUT2D eigenvalue weighted by molar-refractivity contribution is 8.88. The summed E-state index contributed by atoms with van der Waals surface area (Å²) in [5, 5.41) is 2.44. The molecule has 0 aromatic carbocycles. The molecule has 0 nitrogen and oxygen atoms in total. The fourth-order valence-electron chi connectivity index (χ4n) is 0.581. The smallest absolute Gasteiger partial charge is 0.0449 e. The maximum Gasteiger partial charge on any atom is 0.0449 e. The van der Waals surface area contributed by atoms with Crippen LogP contribution in [0.4, 0.5) is 0 Å². The fourth-order valence-corrected chi connectivity index (χ4v) is 8.71. The molecule has 50 valence electrons. The van der Waals surface area contributed by atoms with Crippen molar-refractivity contribution in [3.8, 4) is 0 Å². The van der Waals surface area contributed by atoms with Crippen LogP contribution in [0.1, 0.15) is 0 Å². The highest BCUT2D eigenvalue weighted by Crippen LogP contribution is 2.48. The lowest BCUT2D eigenvalue weighted by Crippen LogP contribution is -1.76. The van der Waals surface area contributed by atoms with Gasteiger partial charge in [0.15, 0.2) is 0 Å². The Morgan fingerprint density at radius 1 is 1.75 bits per heavy atom. The fraction of sp³-hybridized carbons (Fsp3) is 1.00. The minimum absolute atomic E-state index is 0.358. The molecule has 1 rings (SSSR count). The first kappa shape index (κ1) is 7.51. The Morgan fingerprint density at radius 3 is 3.12 bits per heavy atom. The number of hydrogen-bond donors (Lipinski definition) is 2. The van der Waals surface area contributed by atoms with E-state index in [9.17, 15) is 0 Å². The molecule has 0 aromatic rings. The monoisotopic (exact) mass is 186 g/mol. The van der Waals surface area contributed by atoms with E-state index in [0.717, 1.165) is 5.08 Å². The van der Waals surface area contributed by atoms with Crippen molar-refractivity contribution in [2.75, 3.05) is 21.7 Å². The van der Waals surface area contributed by atoms with E-state index in [-0.39, 0.29) is 0 Å². The second-order valence-electron chi connectivity index (χ2n) is 1.50. The van der Waals surface area contributed by atoms with Crippen molar-refractivity contribution in [1.82, 2.24) is 0 Å². The minimum Gasteiger partial charge on any atom is -0.194 e. The largest absolute Gasteiger partial charge is 0.194 e. The standard InChI is InChI=1S/C4H10S4/c5-3-7-8-2-1-6-4-8/h5,8H,1-4H2. The van der Waals surface area contributed by atoms with Crippen molar-refractivity contribution in [3.05, 3.63) is 0 Å². The van der Waals surface area contributed by atoms with Crippen molar-refractivity contribution in [1.29, 1.82) is 0 Å². The highest BCUT2D eigenvalue weighted by Gasteiger charge is 2.09. The van der Waals surface area contributed by atoms with E-state index in [1.54, 1.807) is 0 Å². The first-order valence-corrected chi connectivity index (χ1v) is 7.59. The van der Waals surface area contributed by atoms with Crippen LogP contribution >= 0.6 is 45.1 Å². The Morgan fingerprint density at radius 2 is 2.62 bits per heavy atom. The molecule has 0 amide bonds. The van der Waals surface area contributed by atoms with Crippen LogP contribution in [0.2, 0.25) is 0 Å². The summed E-state index contributed by atoms with van der Waals surface area (Å²) in [5.74, 6) is 2.86. The van der Waals surface area contributed by atoms with Gasteiger partial charge in [0.1, 0.15) is 0 Å². The molecule has 0 bridgehead atoms. The third-order valence-corrected chi connectivity index (χ3v) is 8.82. The third kappa shape index (κ3) is 2.33. The number of rotatable bonds is 2. The van der Waals surface area contributed by atoms with Crippen molar-refractivity contribution in [2.45, 2.75) is 0 Å². The molecule has 0 saturated carbocycles. The third-order valence-electron chi connectivity index (χ3n) is 0.961. The SMILES string of the molecule is SCS[SH]1CCSC1. The Hall–Kier alpha value is 1.40. The summed E-state index contributed by atoms with van der Waals surface area (Å²) < 4.78 is 0. The molecule has 1 fully saturated rings. The summed E-state index contributed by atoms with van der Waals surface area (Å²) >= 11 is 6.26. The summed E-state index contributed by atoms with van der Waals surface area (Å²) in [6.45, 7) is 0. The molecule has 1 aliphatic rings. The first-order chi connectivity index (χ1) is 3.93. The molecule has 1 saturated heterocycles. The van der Waals surface area contributed by atoms with E-state index < -0.39 is 0 Å². The summed E-state index contributed by atoms with van der Waals surface area (Å²) in [6.07, 6.45) is 0. The molecule has 4 heteroatoms. The zero-order chi connectivity index (χ0) is 5.82. The van der Waals surface area contributed by atoms with Gasteiger partial charge in [-0.2, -0.15) is 34.3 Å². The van der Waals surface area contributed by atoms with Gasteiger partial charge in [-0.15, -0.1) is 10.8 Å². The normalized spacial score (nSPS) is 33.4. The molecule has 1 atom stereocenters. The molecular formula is C4H10S4. The molecule has 0 spiro atoms. The van der Waals surface area contributed by atoms with Gasteiger partial charge in [0, 0.05) is 15.9 Å². The summed E-state index contributed by atoms with van der Waals surface area (Å²) in [4.78, 5) is 0. The Kier molecular flexibility index (Phi) is 3.99. The van der Waals surface area contributed by atoms with Gasteiger partial charge in [0.05, 0.1) is 0 Å². The van der Waals surface area contributed by atoms with Crippen LogP contribution in [0, 0.1) is 0 Å². The van der Waals surface area contributed by atoms with E-state index in [1.165, 1.54) is 16.6 Å². The zero-order valence-corrected chi connectivity index (χ0v) is 7.96. The van der Waals surface area contributed by atoms with Crippen LogP contribution in [-0.2, 0) is 0 Å². The molecule has 0 N–H and O–H groups in total. The lowest BCUT2D eigenvalue weighted by molar-refractivity contribution is 1.58. The van der Waals surface area contributed by atoms with E-state index in [0.29, 0.717) is 9.93 Å². The van der Waals surface area contributed by atoms with Crippen molar-refractivity contribution in [2.24, 2.45) is 0 Å². The van der Waals surface area contributed by atoms with Gasteiger partial charge in [-0.05, 0) is 5.75 Å². The maximum absolute atomic E-state index is 4.17. The summed E-state index contributed by atoms with van der Waals surface area (Å²) in [6, 6.07) is 0. The molecule has 0 aliphatic carbocycles. The molecule has 0 radical (unpaired) electrons. The molecular weight excluding hydrogens is 176 g/mol. The summed E-state index contributed by atoms with van der Waals surface area (Å²) in [7, 11) is 2.41. The van der Waals surface area contributed by atoms with Gasteiger partial charge >= 0.3 is 0 Å². The van der Waals surface area contributed by atoms with Gasteiger partial charge in [-0.3, -0.25) is 0 Å². The molecule has 1 heterocycles. The predicted octanol–water partition coefficient (Wildman–Crippen LogP) is 2.23. The Bertz CT molecular complexity index is 59.1. The molecule has 8 heavy (non-hydrogen) atoms. The number of hydrogen-bond acceptors (Lipinski definition) is 3. The lowest BCUT2D eigenvalue weighted by Gasteiger charge is -2.08. The van der Waals surface area contributed by atoms with E-state index in [1.807, 2.05) is 10.8 Å². The van der Waals surface area contributed by atoms with Gasteiger partial charge in [0.25, 0.3) is 0 Å². The second-order valence-corrected chi connectivity index (χ2v) is 8.38. The van der Waals surface area contributed by atoms with Crippen LogP contribution < -0.4 is 0 Å². The highest BCUT2D eigenvalue weighted by atomic mass is 33.1. The van der Waals surface area contributed by atoms with Gasteiger partial charge in [0.2, 0.25) is 0 Å². The zero-order valence-electron chi connectivity index (χ0n) is 4.54. The van der Waals surface area contributed by atoms with Crippen LogP contribution in [0.5, 0.6) is 0 Å². The van der Waals surface area contributed by atoms with Crippen LogP contribution in [0.25, 0.3) is 0 Å². The maximum atomic E-state index is 4.17. The minimum atomic E-state index is 0.358. The average molecular weight is 186 g/mol. The Labute approximate surface area is 66.7 Å². The topological polar surface area (TPSA) is 0 Å². The number of thioether (sulfide) groups is 1. The van der Waals surface area contributed by atoms with E-state index in [2.05, 4.69) is 24.4 Å². The Balaban J connectivity index is 2.06. The second kappa shape index (κ2) is 4.25. The quantitative estimate of drug-likeness (QED) is 0.386. The first-order valence-electron chi connectivity index (χ1n) is 2.50. The predicted molar refractivity (Wildman–Crippen MR) is 52.6 cm³/mol. The van der Waals surface area contributed by atoms with E-state index >= 15 is 0 Å². The van der Waals surface area contributed by atoms with Crippen LogP contribution in [0.15, 0.2) is 0 Å². The van der Waals surface area contributed by atoms with Crippen molar-refractivity contribution >= 4 is 45.1 Å². The summed E-state index contributed by atoms with van der Waals surface area (Å²) in [5.41, 5.74) is 0. The van der Waals surface area contributed by atoms with Crippen LogP contribution in [-0.4, -0.2) is 21.7 Å². The molecule has 1 aliphatic heterocycles. The van der Waals surface area contributed by atoms with Gasteiger partial charge in [-0.25, -0.2) is 0 Å². The lowest BCUT2D eigenvalue weighted by atomic mass is 11.0. The van der Waals surface area contributed by atoms with Gasteiger partial charge in [-0.1, -0.05) is 0 Å². The molecule has 0 aromatic heterocycles. The van der Waals surface area contributed by atoms with Gasteiger partial charge < -0.3 is 0 Å². The van der Waals surface area contributed by atoms with Crippen molar-refractivity contribution in [3.63, 3.8) is 0 Å². The molecule has 1 unspecified atom stereocenters. The van der Waals surface area contributed by atoms with Crippen molar-refractivity contribution < 1.29 is 0 Å². The number of thiol groups is 2.